The highest BCUT2D eigenvalue weighted by Crippen LogP contribution is 2.25. The molecule has 0 unspecified atom stereocenters. The second-order valence-corrected chi connectivity index (χ2v) is 4.70. The van der Waals surface area contributed by atoms with Crippen molar-refractivity contribution in [3.8, 4) is 0 Å². The van der Waals surface area contributed by atoms with Crippen LogP contribution < -0.4 is 0 Å². The van der Waals surface area contributed by atoms with Crippen molar-refractivity contribution < 1.29 is 14.8 Å². The summed E-state index contributed by atoms with van der Waals surface area (Å²) in [6.07, 6.45) is 1.72. The van der Waals surface area contributed by atoms with Gasteiger partial charge >= 0.3 is 0 Å². The summed E-state index contributed by atoms with van der Waals surface area (Å²) >= 11 is 5.71. The molecule has 1 amide bonds. The second-order valence-electron chi connectivity index (χ2n) is 4.29. The molecule has 0 atom stereocenters. The number of nitrogens with zero attached hydrogens (tertiary/aromatic N) is 2. The monoisotopic (exact) mass is 300 g/mol. The van der Waals surface area contributed by atoms with Gasteiger partial charge in [0, 0.05) is 24.7 Å². The van der Waals surface area contributed by atoms with Crippen molar-refractivity contribution in [2.24, 2.45) is 0 Å². The summed E-state index contributed by atoms with van der Waals surface area (Å²) in [6.45, 7) is 2.56. The number of nitro benzene ring substituents is 1. The van der Waals surface area contributed by atoms with E-state index in [0.29, 0.717) is 6.54 Å². The third-order valence-electron chi connectivity index (χ3n) is 2.83. The van der Waals surface area contributed by atoms with E-state index < -0.39 is 4.92 Å². The van der Waals surface area contributed by atoms with Crippen LogP contribution in [0.15, 0.2) is 18.2 Å². The molecule has 0 aromatic heterocycles. The molecule has 6 nitrogen and oxygen atoms in total. The van der Waals surface area contributed by atoms with Gasteiger partial charge in [0.2, 0.25) is 0 Å². The van der Waals surface area contributed by atoms with E-state index in [-0.39, 0.29) is 35.3 Å². The fourth-order valence-electron chi connectivity index (χ4n) is 1.75. The molecule has 0 aliphatic carbocycles. The number of carbonyl (C=O) groups excluding carboxylic acids is 1. The highest BCUT2D eigenvalue weighted by molar-refractivity contribution is 6.32. The Kier molecular flexibility index (Phi) is 6.41. The first kappa shape index (κ1) is 16.4. The van der Waals surface area contributed by atoms with Crippen molar-refractivity contribution in [1.29, 1.82) is 0 Å². The second kappa shape index (κ2) is 7.81. The number of aliphatic hydroxyl groups excluding tert-OH is 1. The molecule has 1 aromatic carbocycles. The Morgan fingerprint density at radius 2 is 2.15 bits per heavy atom. The van der Waals surface area contributed by atoms with E-state index in [2.05, 4.69) is 0 Å². The van der Waals surface area contributed by atoms with Crippen LogP contribution in [0.5, 0.6) is 0 Å². The van der Waals surface area contributed by atoms with Crippen LogP contribution in [-0.2, 0) is 0 Å². The number of halogens is 1. The lowest BCUT2D eigenvalue weighted by Crippen LogP contribution is -2.34. The zero-order valence-corrected chi connectivity index (χ0v) is 12.0. The predicted octanol–water partition coefficient (Wildman–Crippen LogP) is 2.48. The van der Waals surface area contributed by atoms with Crippen LogP contribution >= 0.6 is 11.6 Å². The molecule has 0 heterocycles. The van der Waals surface area contributed by atoms with Gasteiger partial charge in [-0.05, 0) is 18.6 Å². The number of unbranched alkanes of at least 4 members (excludes halogenated alkanes) is 1. The normalized spacial score (nSPS) is 10.3. The highest BCUT2D eigenvalue weighted by atomic mass is 35.5. The Labute approximate surface area is 122 Å². The van der Waals surface area contributed by atoms with Crippen molar-refractivity contribution >= 4 is 23.2 Å². The van der Waals surface area contributed by atoms with E-state index in [1.54, 1.807) is 0 Å². The molecule has 1 N–H and O–H groups in total. The first-order valence-electron chi connectivity index (χ1n) is 6.35. The molecule has 1 aromatic rings. The van der Waals surface area contributed by atoms with Gasteiger partial charge in [-0.15, -0.1) is 0 Å². The third kappa shape index (κ3) is 4.18. The van der Waals surface area contributed by atoms with E-state index in [9.17, 15) is 14.9 Å². The lowest BCUT2D eigenvalue weighted by Gasteiger charge is -2.21. The molecule has 0 radical (unpaired) electrons. The van der Waals surface area contributed by atoms with E-state index >= 15 is 0 Å². The molecule has 0 saturated carbocycles. The van der Waals surface area contributed by atoms with Gasteiger partial charge in [-0.1, -0.05) is 24.9 Å². The number of benzene rings is 1. The lowest BCUT2D eigenvalue weighted by molar-refractivity contribution is -0.384. The van der Waals surface area contributed by atoms with E-state index in [1.807, 2.05) is 6.92 Å². The summed E-state index contributed by atoms with van der Waals surface area (Å²) in [7, 11) is 0. The van der Waals surface area contributed by atoms with Gasteiger partial charge in [0.25, 0.3) is 11.6 Å². The summed E-state index contributed by atoms with van der Waals surface area (Å²) in [5.41, 5.74) is -0.0948. The standard InChI is InChI=1S/C13H17ClN2O4/c1-2-3-6-15(7-8-17)13(18)10-4-5-11(14)12(9-10)16(19)20/h4-5,9,17H,2-3,6-8H2,1H3. The van der Waals surface area contributed by atoms with Crippen molar-refractivity contribution in [3.05, 3.63) is 38.9 Å². The Morgan fingerprint density at radius 1 is 1.45 bits per heavy atom. The molecular formula is C13H17ClN2O4. The van der Waals surface area contributed by atoms with Gasteiger partial charge in [0.1, 0.15) is 5.02 Å². The van der Waals surface area contributed by atoms with Crippen LogP contribution in [0.4, 0.5) is 5.69 Å². The van der Waals surface area contributed by atoms with Crippen molar-refractivity contribution in [1.82, 2.24) is 4.90 Å². The van der Waals surface area contributed by atoms with E-state index in [1.165, 1.54) is 23.1 Å². The van der Waals surface area contributed by atoms with Crippen molar-refractivity contribution in [2.75, 3.05) is 19.7 Å². The molecule has 0 fully saturated rings. The van der Waals surface area contributed by atoms with E-state index in [0.717, 1.165) is 12.8 Å². The SMILES string of the molecule is CCCCN(CCO)C(=O)c1ccc(Cl)c([N+](=O)[O-])c1. The Morgan fingerprint density at radius 3 is 2.70 bits per heavy atom. The predicted molar refractivity (Wildman–Crippen MR) is 76.0 cm³/mol. The molecule has 0 bridgehead atoms. The zero-order chi connectivity index (χ0) is 15.1. The zero-order valence-electron chi connectivity index (χ0n) is 11.2. The van der Waals surface area contributed by atoms with Gasteiger partial charge in [-0.3, -0.25) is 14.9 Å². The largest absolute Gasteiger partial charge is 0.395 e. The smallest absolute Gasteiger partial charge is 0.288 e. The van der Waals surface area contributed by atoms with Crippen LogP contribution in [0.1, 0.15) is 30.1 Å². The Balaban J connectivity index is 2.99. The maximum absolute atomic E-state index is 12.3. The fraction of sp³-hybridized carbons (Fsp3) is 0.462. The Bertz CT molecular complexity index is 493. The molecule has 0 aliphatic heterocycles. The van der Waals surface area contributed by atoms with Gasteiger partial charge < -0.3 is 10.0 Å². The summed E-state index contributed by atoms with van der Waals surface area (Å²) in [5, 5.41) is 19.8. The summed E-state index contributed by atoms with van der Waals surface area (Å²) in [5.74, 6) is -0.340. The number of nitro groups is 1. The molecule has 1 rings (SSSR count). The minimum atomic E-state index is -0.623. The number of hydrogen-bond donors (Lipinski definition) is 1. The number of hydrogen-bond acceptors (Lipinski definition) is 4. The maximum atomic E-state index is 12.3. The minimum absolute atomic E-state index is 0.00573. The van der Waals surface area contributed by atoms with Crippen LogP contribution in [0, 0.1) is 10.1 Å². The molecule has 110 valence electrons. The van der Waals surface area contributed by atoms with Crippen LogP contribution in [0.25, 0.3) is 0 Å². The Hall–Kier alpha value is -1.66. The van der Waals surface area contributed by atoms with Crippen LogP contribution in [-0.4, -0.2) is 40.5 Å². The van der Waals surface area contributed by atoms with Gasteiger partial charge in [0.15, 0.2) is 0 Å². The average molecular weight is 301 g/mol. The average Bonchev–Trinajstić information content (AvgIpc) is 2.43. The molecule has 0 aliphatic rings. The molecule has 0 spiro atoms. The third-order valence-corrected chi connectivity index (χ3v) is 3.15. The number of rotatable bonds is 7. The maximum Gasteiger partial charge on any atom is 0.288 e. The van der Waals surface area contributed by atoms with Gasteiger partial charge in [-0.25, -0.2) is 0 Å². The van der Waals surface area contributed by atoms with Gasteiger partial charge in [-0.2, -0.15) is 0 Å². The summed E-state index contributed by atoms with van der Waals surface area (Å²) < 4.78 is 0. The molecule has 7 heteroatoms. The minimum Gasteiger partial charge on any atom is -0.395 e. The number of carbonyl (C=O) groups is 1. The summed E-state index contributed by atoms with van der Waals surface area (Å²) in [6, 6.07) is 3.96. The molecular weight excluding hydrogens is 284 g/mol. The first-order chi connectivity index (χ1) is 9.51. The molecule has 0 saturated heterocycles. The number of aliphatic hydroxyl groups is 1. The van der Waals surface area contributed by atoms with Crippen LogP contribution in [0.2, 0.25) is 5.02 Å². The first-order valence-corrected chi connectivity index (χ1v) is 6.73. The number of amides is 1. The van der Waals surface area contributed by atoms with E-state index in [4.69, 9.17) is 16.7 Å². The fourth-order valence-corrected chi connectivity index (χ4v) is 1.94. The highest BCUT2D eigenvalue weighted by Gasteiger charge is 2.20. The summed E-state index contributed by atoms with van der Waals surface area (Å²) in [4.78, 5) is 24.0. The lowest BCUT2D eigenvalue weighted by atomic mass is 10.1. The molecule has 20 heavy (non-hydrogen) atoms. The quantitative estimate of drug-likeness (QED) is 0.619. The van der Waals surface area contributed by atoms with Crippen LogP contribution in [0.3, 0.4) is 0 Å². The van der Waals surface area contributed by atoms with Gasteiger partial charge in [0.05, 0.1) is 11.5 Å². The van der Waals surface area contributed by atoms with Crippen molar-refractivity contribution in [3.63, 3.8) is 0 Å². The van der Waals surface area contributed by atoms with Crippen molar-refractivity contribution in [2.45, 2.75) is 19.8 Å². The topological polar surface area (TPSA) is 83.7 Å².